The largest absolute Gasteiger partial charge is 0.494 e. The lowest BCUT2D eigenvalue weighted by Crippen LogP contribution is -2.37. The molecule has 1 saturated heterocycles. The number of ether oxygens (including phenoxy) is 2. The smallest absolute Gasteiger partial charge is 0.262 e. The van der Waals surface area contributed by atoms with Crippen molar-refractivity contribution < 1.29 is 13.9 Å². The van der Waals surface area contributed by atoms with E-state index in [4.69, 9.17) is 14.5 Å². The van der Waals surface area contributed by atoms with Crippen LogP contribution in [-0.4, -0.2) is 54.4 Å². The van der Waals surface area contributed by atoms with Crippen molar-refractivity contribution in [2.75, 3.05) is 40.0 Å². The number of hydrogen-bond donors (Lipinski definition) is 0. The van der Waals surface area contributed by atoms with Gasteiger partial charge in [0.1, 0.15) is 0 Å². The molecule has 0 amide bonds. The Morgan fingerprint density at radius 1 is 1.16 bits per heavy atom. The molecular formula is C23H26FN3O3S. The molecule has 1 aliphatic rings. The van der Waals surface area contributed by atoms with Gasteiger partial charge in [-0.3, -0.25) is 14.3 Å². The lowest BCUT2D eigenvalue weighted by Gasteiger charge is -2.26. The summed E-state index contributed by atoms with van der Waals surface area (Å²) in [5.41, 5.74) is 1.46. The molecule has 2 aromatic carbocycles. The zero-order chi connectivity index (χ0) is 21.6. The monoisotopic (exact) mass is 443 g/mol. The molecule has 0 N–H and O–H groups in total. The van der Waals surface area contributed by atoms with Gasteiger partial charge in [-0.1, -0.05) is 30.0 Å². The molecule has 0 radical (unpaired) electrons. The fourth-order valence-electron chi connectivity index (χ4n) is 3.68. The summed E-state index contributed by atoms with van der Waals surface area (Å²) in [5.74, 6) is 0.336. The van der Waals surface area contributed by atoms with Crippen LogP contribution in [0, 0.1) is 5.82 Å². The second-order valence-corrected chi connectivity index (χ2v) is 8.38. The van der Waals surface area contributed by atoms with Crippen molar-refractivity contribution in [3.05, 3.63) is 64.2 Å². The minimum absolute atomic E-state index is 0.0315. The molecule has 1 fully saturated rings. The van der Waals surface area contributed by atoms with Gasteiger partial charge in [-0.25, -0.2) is 9.37 Å². The molecule has 0 unspecified atom stereocenters. The standard InChI is InChI=1S/C23H26FN3O3S/c1-29-21-8-7-17(15-19(21)24)16-31-23-25-20-6-3-2-5-18(20)22(28)27(23)10-4-9-26-11-13-30-14-12-26/h2-3,5-8,15H,4,9-14,16H2,1H3. The Balaban J connectivity index is 1.54. The van der Waals surface area contributed by atoms with Gasteiger partial charge in [-0.05, 0) is 36.2 Å². The molecule has 8 heteroatoms. The zero-order valence-corrected chi connectivity index (χ0v) is 18.4. The van der Waals surface area contributed by atoms with Crippen LogP contribution < -0.4 is 10.3 Å². The summed E-state index contributed by atoms with van der Waals surface area (Å²) in [4.78, 5) is 20.3. The van der Waals surface area contributed by atoms with E-state index in [0.29, 0.717) is 28.4 Å². The number of nitrogens with zero attached hydrogens (tertiary/aromatic N) is 3. The van der Waals surface area contributed by atoms with Crippen LogP contribution in [0.2, 0.25) is 0 Å². The third kappa shape index (κ3) is 5.26. The van der Waals surface area contributed by atoms with E-state index in [0.717, 1.165) is 44.8 Å². The molecular weight excluding hydrogens is 417 g/mol. The van der Waals surface area contributed by atoms with Gasteiger partial charge in [0, 0.05) is 31.9 Å². The molecule has 0 spiro atoms. The SMILES string of the molecule is COc1ccc(CSc2nc3ccccc3c(=O)n2CCCN2CCOCC2)cc1F. The van der Waals surface area contributed by atoms with Crippen LogP contribution in [0.3, 0.4) is 0 Å². The van der Waals surface area contributed by atoms with E-state index < -0.39 is 5.82 Å². The summed E-state index contributed by atoms with van der Waals surface area (Å²) in [5, 5.41) is 1.27. The highest BCUT2D eigenvalue weighted by molar-refractivity contribution is 7.98. The predicted molar refractivity (Wildman–Crippen MR) is 120 cm³/mol. The summed E-state index contributed by atoms with van der Waals surface area (Å²) in [6, 6.07) is 12.3. The third-order valence-electron chi connectivity index (χ3n) is 5.37. The Labute approximate surface area is 185 Å². The molecule has 4 rings (SSSR count). The summed E-state index contributed by atoms with van der Waals surface area (Å²) >= 11 is 1.45. The van der Waals surface area contributed by atoms with Crippen LogP contribution in [0.4, 0.5) is 4.39 Å². The van der Waals surface area contributed by atoms with Crippen LogP contribution in [0.5, 0.6) is 5.75 Å². The van der Waals surface area contributed by atoms with Crippen LogP contribution in [0.1, 0.15) is 12.0 Å². The molecule has 6 nitrogen and oxygen atoms in total. The maximum atomic E-state index is 14.1. The predicted octanol–water partition coefficient (Wildman–Crippen LogP) is 3.56. The molecule has 31 heavy (non-hydrogen) atoms. The first kappa shape index (κ1) is 21.8. The Hall–Kier alpha value is -2.42. The topological polar surface area (TPSA) is 56.6 Å². The average Bonchev–Trinajstić information content (AvgIpc) is 2.80. The van der Waals surface area contributed by atoms with Crippen LogP contribution in [0.15, 0.2) is 52.4 Å². The van der Waals surface area contributed by atoms with E-state index in [-0.39, 0.29) is 11.3 Å². The van der Waals surface area contributed by atoms with Crippen LogP contribution >= 0.6 is 11.8 Å². The van der Waals surface area contributed by atoms with Gasteiger partial charge in [0.15, 0.2) is 16.7 Å². The fourth-order valence-corrected chi connectivity index (χ4v) is 4.65. The van der Waals surface area contributed by atoms with E-state index in [1.165, 1.54) is 24.9 Å². The van der Waals surface area contributed by atoms with E-state index in [9.17, 15) is 9.18 Å². The van der Waals surface area contributed by atoms with Crippen molar-refractivity contribution in [2.24, 2.45) is 0 Å². The van der Waals surface area contributed by atoms with E-state index >= 15 is 0 Å². The number of benzene rings is 2. The number of para-hydroxylation sites is 1. The summed E-state index contributed by atoms with van der Waals surface area (Å²) in [6.45, 7) is 4.88. The van der Waals surface area contributed by atoms with Crippen molar-refractivity contribution >= 4 is 22.7 Å². The molecule has 2 heterocycles. The van der Waals surface area contributed by atoms with Gasteiger partial charge in [0.25, 0.3) is 5.56 Å². The van der Waals surface area contributed by atoms with E-state index in [1.807, 2.05) is 30.3 Å². The second-order valence-electron chi connectivity index (χ2n) is 7.43. The highest BCUT2D eigenvalue weighted by atomic mass is 32.2. The lowest BCUT2D eigenvalue weighted by atomic mass is 10.2. The zero-order valence-electron chi connectivity index (χ0n) is 17.6. The Bertz CT molecular complexity index is 1100. The first-order chi connectivity index (χ1) is 15.2. The molecule has 3 aromatic rings. The second kappa shape index (κ2) is 10.3. The number of methoxy groups -OCH3 is 1. The number of hydrogen-bond acceptors (Lipinski definition) is 6. The van der Waals surface area contributed by atoms with Gasteiger partial charge in [-0.15, -0.1) is 0 Å². The van der Waals surface area contributed by atoms with Gasteiger partial charge in [0.2, 0.25) is 0 Å². The highest BCUT2D eigenvalue weighted by Crippen LogP contribution is 2.25. The van der Waals surface area contributed by atoms with E-state index in [2.05, 4.69) is 4.90 Å². The van der Waals surface area contributed by atoms with E-state index in [1.54, 1.807) is 10.6 Å². The van der Waals surface area contributed by atoms with Crippen molar-refractivity contribution in [1.82, 2.24) is 14.5 Å². The van der Waals surface area contributed by atoms with Crippen molar-refractivity contribution in [1.29, 1.82) is 0 Å². The van der Waals surface area contributed by atoms with Crippen molar-refractivity contribution in [2.45, 2.75) is 23.9 Å². The number of rotatable bonds is 8. The molecule has 164 valence electrons. The number of morpholine rings is 1. The fraction of sp³-hybridized carbons (Fsp3) is 0.391. The number of aromatic nitrogens is 2. The summed E-state index contributed by atoms with van der Waals surface area (Å²) in [7, 11) is 1.45. The summed E-state index contributed by atoms with van der Waals surface area (Å²) in [6.07, 6.45) is 0.852. The average molecular weight is 444 g/mol. The van der Waals surface area contributed by atoms with Crippen LogP contribution in [-0.2, 0) is 17.0 Å². The highest BCUT2D eigenvalue weighted by Gasteiger charge is 2.14. The van der Waals surface area contributed by atoms with Gasteiger partial charge >= 0.3 is 0 Å². The normalized spacial score (nSPS) is 14.8. The Morgan fingerprint density at radius 2 is 1.97 bits per heavy atom. The lowest BCUT2D eigenvalue weighted by molar-refractivity contribution is 0.0368. The van der Waals surface area contributed by atoms with Crippen LogP contribution in [0.25, 0.3) is 10.9 Å². The molecule has 0 saturated carbocycles. The molecule has 1 aliphatic heterocycles. The first-order valence-corrected chi connectivity index (χ1v) is 11.4. The third-order valence-corrected chi connectivity index (χ3v) is 6.42. The van der Waals surface area contributed by atoms with Gasteiger partial charge < -0.3 is 9.47 Å². The molecule has 1 aromatic heterocycles. The number of fused-ring (bicyclic) bond motifs is 1. The summed E-state index contributed by atoms with van der Waals surface area (Å²) < 4.78 is 26.2. The maximum Gasteiger partial charge on any atom is 0.262 e. The number of thioether (sulfide) groups is 1. The Kier molecular flexibility index (Phi) is 7.21. The molecule has 0 bridgehead atoms. The minimum atomic E-state index is -0.394. The van der Waals surface area contributed by atoms with Crippen molar-refractivity contribution in [3.8, 4) is 5.75 Å². The Morgan fingerprint density at radius 3 is 2.74 bits per heavy atom. The maximum absolute atomic E-state index is 14.1. The molecule has 0 aliphatic carbocycles. The minimum Gasteiger partial charge on any atom is -0.494 e. The van der Waals surface area contributed by atoms with Gasteiger partial charge in [0.05, 0.1) is 31.2 Å². The van der Waals surface area contributed by atoms with Gasteiger partial charge in [-0.2, -0.15) is 0 Å². The number of halogens is 1. The quantitative estimate of drug-likeness (QED) is 0.392. The first-order valence-electron chi connectivity index (χ1n) is 10.4. The van der Waals surface area contributed by atoms with Crippen molar-refractivity contribution in [3.63, 3.8) is 0 Å². The molecule has 0 atom stereocenters.